The Kier molecular flexibility index (Phi) is 5.86. The molecule has 0 aromatic carbocycles. The van der Waals surface area contributed by atoms with E-state index < -0.39 is 0 Å². The van der Waals surface area contributed by atoms with Crippen molar-refractivity contribution in [2.75, 3.05) is 13.2 Å². The molecule has 38 heavy (non-hydrogen) atoms. The summed E-state index contributed by atoms with van der Waals surface area (Å²) in [5.41, 5.74) is 6.41. The van der Waals surface area contributed by atoms with E-state index >= 15 is 0 Å². The number of rotatable bonds is 1. The molecule has 0 unspecified atom stereocenters. The molecule has 3 heterocycles. The lowest BCUT2D eigenvalue weighted by atomic mass is 9.52. The molecular formula is C32H47N3O3. The van der Waals surface area contributed by atoms with Crippen LogP contribution in [0, 0.1) is 40.9 Å². The molecule has 6 heteroatoms. The van der Waals surface area contributed by atoms with Crippen molar-refractivity contribution in [3.05, 3.63) is 28.6 Å². The van der Waals surface area contributed by atoms with Crippen molar-refractivity contribution in [2.24, 2.45) is 40.9 Å². The first-order valence-corrected chi connectivity index (χ1v) is 15.6. The Morgan fingerprint density at radius 2 is 2.08 bits per heavy atom. The standard InChI is InChI=1S/C32H47N3O3/c1-6-37-30(36)35-17-18(2)11-28-29(35)20(4)32(38-28)10-9-23-24-8-7-22-12-27-21(16-33-34-27)15-31(22,5)26(24)13-25(23)19(3)14-32/h16,18,20,22-24,26,28-29H,6-15,17H2,1-5H3,(H,33,34)/t18-,20+,22+,23-,24-,26-,28+,29-,31-,32-/m0/s1. The summed E-state index contributed by atoms with van der Waals surface area (Å²) in [6, 6.07) is 0.134. The summed E-state index contributed by atoms with van der Waals surface area (Å²) in [7, 11) is 0. The van der Waals surface area contributed by atoms with Crippen molar-refractivity contribution < 1.29 is 14.3 Å². The maximum absolute atomic E-state index is 13.0. The van der Waals surface area contributed by atoms with E-state index in [0.29, 0.717) is 29.8 Å². The fourth-order valence-corrected chi connectivity index (χ4v) is 10.7. The van der Waals surface area contributed by atoms with Gasteiger partial charge in [0.25, 0.3) is 0 Å². The lowest BCUT2D eigenvalue weighted by Crippen LogP contribution is -2.54. The summed E-state index contributed by atoms with van der Waals surface area (Å²) in [6.07, 6.45) is 12.9. The minimum atomic E-state index is -0.154. The Labute approximate surface area is 228 Å². The van der Waals surface area contributed by atoms with Gasteiger partial charge < -0.3 is 14.4 Å². The number of hydrogen-bond donors (Lipinski definition) is 1. The highest BCUT2D eigenvalue weighted by Crippen LogP contribution is 2.64. The molecule has 0 bridgehead atoms. The predicted octanol–water partition coefficient (Wildman–Crippen LogP) is 6.32. The van der Waals surface area contributed by atoms with Crippen LogP contribution in [0.15, 0.2) is 17.3 Å². The molecule has 2 saturated heterocycles. The molecule has 6 nitrogen and oxygen atoms in total. The minimum Gasteiger partial charge on any atom is -0.450 e. The zero-order valence-corrected chi connectivity index (χ0v) is 24.1. The Morgan fingerprint density at radius 1 is 1.24 bits per heavy atom. The topological polar surface area (TPSA) is 67.4 Å². The van der Waals surface area contributed by atoms with Gasteiger partial charge in [-0.1, -0.05) is 31.9 Å². The van der Waals surface area contributed by atoms with Gasteiger partial charge in [-0.05, 0) is 112 Å². The fraction of sp³-hybridized carbons (Fsp3) is 0.812. The van der Waals surface area contributed by atoms with Crippen LogP contribution in [0.4, 0.5) is 4.79 Å². The molecule has 4 fully saturated rings. The third kappa shape index (κ3) is 3.53. The first-order chi connectivity index (χ1) is 18.2. The molecule has 7 rings (SSSR count). The van der Waals surface area contributed by atoms with Crippen molar-refractivity contribution in [1.29, 1.82) is 0 Å². The smallest absolute Gasteiger partial charge is 0.410 e. The zero-order chi connectivity index (χ0) is 26.4. The number of piperidine rings is 1. The molecule has 1 spiro atoms. The van der Waals surface area contributed by atoms with Crippen LogP contribution < -0.4 is 0 Å². The van der Waals surface area contributed by atoms with Crippen molar-refractivity contribution in [2.45, 2.75) is 110 Å². The van der Waals surface area contributed by atoms with E-state index in [0.717, 1.165) is 50.0 Å². The number of aromatic nitrogens is 2. The molecule has 2 saturated carbocycles. The van der Waals surface area contributed by atoms with Crippen LogP contribution in [0.1, 0.15) is 90.8 Å². The van der Waals surface area contributed by atoms with E-state index in [2.05, 4.69) is 44.1 Å². The van der Waals surface area contributed by atoms with Crippen LogP contribution in [0.2, 0.25) is 0 Å². The maximum Gasteiger partial charge on any atom is 0.410 e. The summed E-state index contributed by atoms with van der Waals surface area (Å²) >= 11 is 0. The van der Waals surface area contributed by atoms with Gasteiger partial charge in [-0.25, -0.2) is 4.79 Å². The van der Waals surface area contributed by atoms with E-state index in [1.54, 1.807) is 11.1 Å². The number of fused-ring (bicyclic) bond motifs is 7. The van der Waals surface area contributed by atoms with E-state index in [9.17, 15) is 4.79 Å². The lowest BCUT2D eigenvalue weighted by Gasteiger charge is -2.52. The van der Waals surface area contributed by atoms with Gasteiger partial charge in [0.15, 0.2) is 0 Å². The summed E-state index contributed by atoms with van der Waals surface area (Å²) in [5, 5.41) is 7.75. The molecule has 4 aliphatic carbocycles. The molecule has 1 amide bonds. The highest BCUT2D eigenvalue weighted by Gasteiger charge is 2.61. The predicted molar refractivity (Wildman–Crippen MR) is 147 cm³/mol. The van der Waals surface area contributed by atoms with Gasteiger partial charge in [0.1, 0.15) is 0 Å². The van der Waals surface area contributed by atoms with E-state index in [1.165, 1.54) is 43.4 Å². The van der Waals surface area contributed by atoms with Crippen molar-refractivity contribution >= 4 is 6.09 Å². The first-order valence-electron chi connectivity index (χ1n) is 15.6. The molecule has 10 atom stereocenters. The number of carbonyl (C=O) groups excluding carboxylic acids is 1. The average Bonchev–Trinajstić information content (AvgIpc) is 3.53. The second-order valence-electron chi connectivity index (χ2n) is 14.3. The van der Waals surface area contributed by atoms with Crippen LogP contribution in [0.25, 0.3) is 0 Å². The summed E-state index contributed by atoms with van der Waals surface area (Å²) in [5.74, 6) is 3.83. The number of hydrogen-bond acceptors (Lipinski definition) is 4. The number of aromatic amines is 1. The average molecular weight is 522 g/mol. The van der Waals surface area contributed by atoms with Crippen molar-refractivity contribution in [3.63, 3.8) is 0 Å². The normalized spacial score (nSPS) is 45.7. The number of H-pyrrole nitrogens is 1. The third-order valence-electron chi connectivity index (χ3n) is 12.5. The molecular weight excluding hydrogens is 474 g/mol. The molecule has 1 N–H and O–H groups in total. The number of likely N-dealkylation sites (tertiary alicyclic amines) is 1. The number of nitrogens with zero attached hydrogens (tertiary/aromatic N) is 2. The monoisotopic (exact) mass is 521 g/mol. The number of amides is 1. The van der Waals surface area contributed by atoms with E-state index in [-0.39, 0.29) is 23.8 Å². The molecule has 0 radical (unpaired) electrons. The van der Waals surface area contributed by atoms with E-state index in [1.807, 2.05) is 11.8 Å². The molecule has 6 aliphatic rings. The zero-order valence-electron chi connectivity index (χ0n) is 24.1. The van der Waals surface area contributed by atoms with Gasteiger partial charge in [-0.15, -0.1) is 0 Å². The van der Waals surface area contributed by atoms with Crippen LogP contribution in [0.3, 0.4) is 0 Å². The Balaban J connectivity index is 1.17. The van der Waals surface area contributed by atoms with Crippen molar-refractivity contribution in [3.8, 4) is 0 Å². The Bertz CT molecular complexity index is 1140. The largest absolute Gasteiger partial charge is 0.450 e. The van der Waals surface area contributed by atoms with Crippen LogP contribution in [0.5, 0.6) is 0 Å². The Hall–Kier alpha value is -1.82. The van der Waals surface area contributed by atoms with Crippen LogP contribution in [-0.4, -0.2) is 52.1 Å². The quantitative estimate of drug-likeness (QED) is 0.439. The second kappa shape index (κ2) is 8.84. The Morgan fingerprint density at radius 3 is 2.89 bits per heavy atom. The lowest BCUT2D eigenvalue weighted by molar-refractivity contribution is -0.0792. The molecule has 1 aromatic heterocycles. The van der Waals surface area contributed by atoms with Gasteiger partial charge >= 0.3 is 6.09 Å². The first kappa shape index (κ1) is 25.2. The molecule has 1 aromatic rings. The maximum atomic E-state index is 13.0. The van der Waals surface area contributed by atoms with Gasteiger partial charge in [-0.3, -0.25) is 5.10 Å². The van der Waals surface area contributed by atoms with Crippen molar-refractivity contribution in [1.82, 2.24) is 15.1 Å². The van der Waals surface area contributed by atoms with Gasteiger partial charge in [0.05, 0.1) is 30.0 Å². The highest BCUT2D eigenvalue weighted by atomic mass is 16.6. The van der Waals surface area contributed by atoms with Gasteiger partial charge in [0.2, 0.25) is 0 Å². The van der Waals surface area contributed by atoms with Crippen LogP contribution in [-0.2, 0) is 22.3 Å². The number of carbonyl (C=O) groups is 1. The SMILES string of the molecule is CCOC(=O)N1C[C@@H](C)C[C@H]2O[C@]3(CC[C@@H]4C(=C(C)C3)C[C@H]3[C@H]4CC[C@@H]4Cc5n[nH]cc5C[C@@]43C)[C@H](C)[C@@H]21. The fourth-order valence-electron chi connectivity index (χ4n) is 10.7. The summed E-state index contributed by atoms with van der Waals surface area (Å²) in [6.45, 7) is 12.8. The number of allylic oxidation sites excluding steroid dienone is 1. The summed E-state index contributed by atoms with van der Waals surface area (Å²) < 4.78 is 12.6. The molecule has 208 valence electrons. The third-order valence-corrected chi connectivity index (χ3v) is 12.5. The van der Waals surface area contributed by atoms with Gasteiger partial charge in [0, 0.05) is 18.7 Å². The van der Waals surface area contributed by atoms with Gasteiger partial charge in [-0.2, -0.15) is 5.10 Å². The summed E-state index contributed by atoms with van der Waals surface area (Å²) in [4.78, 5) is 15.0. The minimum absolute atomic E-state index is 0.127. The van der Waals surface area contributed by atoms with Crippen LogP contribution >= 0.6 is 0 Å². The second-order valence-corrected chi connectivity index (χ2v) is 14.3. The molecule has 2 aliphatic heterocycles. The number of ether oxygens (including phenoxy) is 2. The van der Waals surface area contributed by atoms with E-state index in [4.69, 9.17) is 9.47 Å². The highest BCUT2D eigenvalue weighted by molar-refractivity contribution is 5.68. The number of nitrogens with one attached hydrogen (secondary N) is 1.